The average molecular weight is 296 g/mol. The number of hydrogen-bond acceptors (Lipinski definition) is 2. The van der Waals surface area contributed by atoms with Gasteiger partial charge < -0.3 is 5.73 Å². The Labute approximate surface area is 108 Å². The fourth-order valence-electron chi connectivity index (χ4n) is 1.77. The quantitative estimate of drug-likeness (QED) is 0.920. The highest BCUT2D eigenvalue weighted by Crippen LogP contribution is 2.13. The Morgan fingerprint density at radius 3 is 2.65 bits per heavy atom. The molecule has 0 saturated heterocycles. The Morgan fingerprint density at radius 2 is 2.12 bits per heavy atom. The number of nitrogens with zero attached hydrogens (tertiary/aromatic N) is 2. The third-order valence-electron chi connectivity index (χ3n) is 2.92. The molecule has 4 nitrogen and oxygen atoms in total. The van der Waals surface area contributed by atoms with Crippen LogP contribution in [-0.4, -0.2) is 9.36 Å². The minimum absolute atomic E-state index is 0.134. The molecule has 0 bridgehead atoms. The van der Waals surface area contributed by atoms with Crippen molar-refractivity contribution < 1.29 is 0 Å². The molecule has 0 aliphatic heterocycles. The topological polar surface area (TPSA) is 53.0 Å². The first-order valence-electron chi connectivity index (χ1n) is 5.27. The molecule has 0 unspecified atom stereocenters. The summed E-state index contributed by atoms with van der Waals surface area (Å²) < 4.78 is 4.42. The van der Waals surface area contributed by atoms with Crippen molar-refractivity contribution in [2.75, 3.05) is 5.73 Å². The lowest BCUT2D eigenvalue weighted by molar-refractivity contribution is 0.525. The van der Waals surface area contributed by atoms with Crippen LogP contribution >= 0.6 is 15.9 Å². The minimum Gasteiger partial charge on any atom is -0.393 e. The van der Waals surface area contributed by atoms with E-state index >= 15 is 0 Å². The third kappa shape index (κ3) is 2.15. The smallest absolute Gasteiger partial charge is 0.290 e. The van der Waals surface area contributed by atoms with Gasteiger partial charge >= 0.3 is 0 Å². The normalized spacial score (nSPS) is 10.8. The second kappa shape index (κ2) is 4.41. The Balaban J connectivity index is 2.44. The minimum atomic E-state index is -0.134. The molecule has 0 atom stereocenters. The van der Waals surface area contributed by atoms with E-state index in [0.717, 1.165) is 15.7 Å². The molecule has 2 rings (SSSR count). The summed E-state index contributed by atoms with van der Waals surface area (Å²) in [6.07, 6.45) is 0. The first-order chi connectivity index (χ1) is 8.00. The molecule has 1 heterocycles. The van der Waals surface area contributed by atoms with Crippen molar-refractivity contribution in [3.63, 3.8) is 0 Å². The van der Waals surface area contributed by atoms with Gasteiger partial charge in [-0.1, -0.05) is 28.1 Å². The van der Waals surface area contributed by atoms with Crippen molar-refractivity contribution in [3.05, 3.63) is 50.3 Å². The van der Waals surface area contributed by atoms with Gasteiger partial charge in [-0.2, -0.15) is 0 Å². The fraction of sp³-hybridized carbons (Fsp3) is 0.250. The lowest BCUT2D eigenvalue weighted by Gasteiger charge is -2.08. The zero-order chi connectivity index (χ0) is 12.6. The van der Waals surface area contributed by atoms with Crippen LogP contribution in [0, 0.1) is 6.92 Å². The lowest BCUT2D eigenvalue weighted by Crippen LogP contribution is -2.23. The van der Waals surface area contributed by atoms with Gasteiger partial charge in [0.1, 0.15) is 5.69 Å². The van der Waals surface area contributed by atoms with Gasteiger partial charge in [-0.3, -0.25) is 9.48 Å². The molecule has 17 heavy (non-hydrogen) atoms. The number of rotatable bonds is 2. The lowest BCUT2D eigenvalue weighted by atomic mass is 10.2. The highest BCUT2D eigenvalue weighted by Gasteiger charge is 2.11. The Bertz CT molecular complexity index is 613. The van der Waals surface area contributed by atoms with Crippen LogP contribution < -0.4 is 11.3 Å². The van der Waals surface area contributed by atoms with E-state index in [1.54, 1.807) is 9.36 Å². The maximum atomic E-state index is 11.9. The summed E-state index contributed by atoms with van der Waals surface area (Å²) in [5.74, 6) is 0. The molecule has 0 aliphatic carbocycles. The van der Waals surface area contributed by atoms with E-state index in [2.05, 4.69) is 15.9 Å². The van der Waals surface area contributed by atoms with Crippen molar-refractivity contribution in [1.29, 1.82) is 0 Å². The van der Waals surface area contributed by atoms with Gasteiger partial charge in [-0.15, -0.1) is 0 Å². The number of aromatic nitrogens is 2. The van der Waals surface area contributed by atoms with Gasteiger partial charge in [0, 0.05) is 11.5 Å². The number of nitrogens with two attached hydrogens (primary N) is 1. The standard InChI is InChI=1S/C12H14BrN3O/c1-8-11(14)12(17)16(15(8)2)7-9-4-3-5-10(13)6-9/h3-6H,7,14H2,1-2H3. The zero-order valence-corrected chi connectivity index (χ0v) is 11.4. The second-order valence-electron chi connectivity index (χ2n) is 4.02. The van der Waals surface area contributed by atoms with E-state index in [9.17, 15) is 4.79 Å². The Morgan fingerprint density at radius 1 is 1.41 bits per heavy atom. The molecule has 1 aromatic carbocycles. The molecule has 0 amide bonds. The molecule has 0 radical (unpaired) electrons. The van der Waals surface area contributed by atoms with Crippen molar-refractivity contribution >= 4 is 21.6 Å². The fourth-order valence-corrected chi connectivity index (χ4v) is 2.22. The van der Waals surface area contributed by atoms with Gasteiger partial charge in [0.2, 0.25) is 0 Å². The summed E-state index contributed by atoms with van der Waals surface area (Å²) in [5, 5.41) is 0. The van der Waals surface area contributed by atoms with Crippen LogP contribution in [0.15, 0.2) is 33.5 Å². The van der Waals surface area contributed by atoms with Crippen LogP contribution in [0.1, 0.15) is 11.3 Å². The van der Waals surface area contributed by atoms with Crippen LogP contribution in [0.5, 0.6) is 0 Å². The number of nitrogen functional groups attached to an aromatic ring is 1. The van der Waals surface area contributed by atoms with E-state index < -0.39 is 0 Å². The molecule has 5 heteroatoms. The highest BCUT2D eigenvalue weighted by atomic mass is 79.9. The van der Waals surface area contributed by atoms with Gasteiger partial charge in [0.15, 0.2) is 0 Å². The summed E-state index contributed by atoms with van der Waals surface area (Å²) in [4.78, 5) is 11.9. The number of benzene rings is 1. The van der Waals surface area contributed by atoms with Crippen molar-refractivity contribution in [2.45, 2.75) is 13.5 Å². The summed E-state index contributed by atoms with van der Waals surface area (Å²) in [6, 6.07) is 7.88. The number of hydrogen-bond donors (Lipinski definition) is 1. The molecule has 2 N–H and O–H groups in total. The molecule has 0 fully saturated rings. The van der Waals surface area contributed by atoms with E-state index in [1.807, 2.05) is 38.2 Å². The summed E-state index contributed by atoms with van der Waals surface area (Å²) in [7, 11) is 1.84. The zero-order valence-electron chi connectivity index (χ0n) is 9.77. The predicted octanol–water partition coefficient (Wildman–Crippen LogP) is 1.89. The van der Waals surface area contributed by atoms with Crippen LogP contribution in [0.25, 0.3) is 0 Å². The summed E-state index contributed by atoms with van der Waals surface area (Å²) in [5.41, 5.74) is 7.76. The largest absolute Gasteiger partial charge is 0.393 e. The molecule has 2 aromatic rings. The molecule has 1 aromatic heterocycles. The van der Waals surface area contributed by atoms with Gasteiger partial charge in [-0.05, 0) is 24.6 Å². The van der Waals surface area contributed by atoms with E-state index in [0.29, 0.717) is 12.2 Å². The highest BCUT2D eigenvalue weighted by molar-refractivity contribution is 9.10. The van der Waals surface area contributed by atoms with Gasteiger partial charge in [-0.25, -0.2) is 4.68 Å². The SMILES string of the molecule is Cc1c(N)c(=O)n(Cc2cccc(Br)c2)n1C. The number of halogens is 1. The first-order valence-corrected chi connectivity index (χ1v) is 6.06. The monoisotopic (exact) mass is 295 g/mol. The third-order valence-corrected chi connectivity index (χ3v) is 3.42. The molecule has 90 valence electrons. The second-order valence-corrected chi connectivity index (χ2v) is 4.93. The van der Waals surface area contributed by atoms with Crippen LogP contribution in [0.2, 0.25) is 0 Å². The Hall–Kier alpha value is -1.49. The van der Waals surface area contributed by atoms with Crippen LogP contribution in [0.3, 0.4) is 0 Å². The molecule has 0 saturated carbocycles. The molecule has 0 spiro atoms. The molecule has 0 aliphatic rings. The summed E-state index contributed by atoms with van der Waals surface area (Å²) in [6.45, 7) is 2.36. The maximum absolute atomic E-state index is 11.9. The van der Waals surface area contributed by atoms with E-state index in [4.69, 9.17) is 5.73 Å². The van der Waals surface area contributed by atoms with Crippen molar-refractivity contribution in [3.8, 4) is 0 Å². The summed E-state index contributed by atoms with van der Waals surface area (Å²) >= 11 is 3.41. The average Bonchev–Trinajstić information content (AvgIpc) is 2.47. The van der Waals surface area contributed by atoms with Crippen molar-refractivity contribution in [2.24, 2.45) is 7.05 Å². The maximum Gasteiger partial charge on any atom is 0.290 e. The van der Waals surface area contributed by atoms with Gasteiger partial charge in [0.05, 0.1) is 12.2 Å². The van der Waals surface area contributed by atoms with Crippen LogP contribution in [0.4, 0.5) is 5.69 Å². The molecular weight excluding hydrogens is 282 g/mol. The molecular formula is C12H14BrN3O. The van der Waals surface area contributed by atoms with Crippen LogP contribution in [-0.2, 0) is 13.6 Å². The Kier molecular flexibility index (Phi) is 3.11. The van der Waals surface area contributed by atoms with Crippen molar-refractivity contribution in [1.82, 2.24) is 9.36 Å². The number of anilines is 1. The predicted molar refractivity (Wildman–Crippen MR) is 72.1 cm³/mol. The van der Waals surface area contributed by atoms with E-state index in [-0.39, 0.29) is 5.56 Å². The van der Waals surface area contributed by atoms with E-state index in [1.165, 1.54) is 0 Å². The first kappa shape index (κ1) is 12.0. The van der Waals surface area contributed by atoms with Gasteiger partial charge in [0.25, 0.3) is 5.56 Å².